The molecule has 0 heterocycles. The van der Waals surface area contributed by atoms with Crippen LogP contribution in [0.3, 0.4) is 0 Å². The van der Waals surface area contributed by atoms with Crippen molar-refractivity contribution in [2.24, 2.45) is 0 Å². The Morgan fingerprint density at radius 2 is 1.88 bits per heavy atom. The number of rotatable bonds is 6. The number of amides is 1. The van der Waals surface area contributed by atoms with Crippen molar-refractivity contribution in [2.45, 2.75) is 0 Å². The Kier molecular flexibility index (Phi) is 6.34. The van der Waals surface area contributed by atoms with Crippen LogP contribution in [-0.2, 0) is 4.79 Å². The molecule has 130 valence electrons. The topological polar surface area (TPSA) is 80.6 Å². The number of hydrogen-bond donors (Lipinski definition) is 1. The first-order chi connectivity index (χ1) is 12.0. The summed E-state index contributed by atoms with van der Waals surface area (Å²) in [6, 6.07) is 9.71. The summed E-state index contributed by atoms with van der Waals surface area (Å²) in [7, 11) is 2.90. The highest BCUT2D eigenvalue weighted by atomic mass is 35.5. The molecule has 2 aromatic carbocycles. The van der Waals surface area contributed by atoms with E-state index < -0.39 is 5.91 Å². The van der Waals surface area contributed by atoms with Crippen molar-refractivity contribution in [1.82, 2.24) is 0 Å². The third-order valence-electron chi connectivity index (χ3n) is 3.14. The molecule has 8 heteroatoms. The number of carbonyl (C=O) groups is 1. The zero-order chi connectivity index (χ0) is 18.4. The summed E-state index contributed by atoms with van der Waals surface area (Å²) in [6.45, 7) is -0.322. The summed E-state index contributed by atoms with van der Waals surface area (Å²) in [5.74, 6) is 0.461. The van der Waals surface area contributed by atoms with Crippen molar-refractivity contribution < 1.29 is 19.0 Å². The van der Waals surface area contributed by atoms with E-state index in [2.05, 4.69) is 5.32 Å². The lowest BCUT2D eigenvalue weighted by atomic mass is 10.2. The molecule has 1 amide bonds. The van der Waals surface area contributed by atoms with Crippen LogP contribution in [-0.4, -0.2) is 26.7 Å². The molecule has 0 aliphatic carbocycles. The molecule has 1 N–H and O–H groups in total. The van der Waals surface area contributed by atoms with E-state index in [9.17, 15) is 4.79 Å². The Morgan fingerprint density at radius 3 is 2.52 bits per heavy atom. The van der Waals surface area contributed by atoms with E-state index in [4.69, 9.17) is 42.7 Å². The van der Waals surface area contributed by atoms with Gasteiger partial charge in [-0.15, -0.1) is 0 Å². The van der Waals surface area contributed by atoms with Gasteiger partial charge in [-0.25, -0.2) is 0 Å². The average molecular weight is 381 g/mol. The number of anilines is 1. The first-order valence-electron chi connectivity index (χ1n) is 7.02. The number of nitriles is 1. The lowest BCUT2D eigenvalue weighted by Gasteiger charge is -2.14. The summed E-state index contributed by atoms with van der Waals surface area (Å²) < 4.78 is 15.7. The van der Waals surface area contributed by atoms with Gasteiger partial charge in [-0.1, -0.05) is 23.2 Å². The standard InChI is InChI=1S/C17H14Cl2N2O4/c1-23-14-4-3-11(18)7-13(14)21-16(22)9-25-17-12(19)5-10(8-20)6-15(17)24-2/h3-7H,9H2,1-2H3,(H,21,22). The van der Waals surface area contributed by atoms with Gasteiger partial charge in [0, 0.05) is 11.1 Å². The second-order valence-electron chi connectivity index (χ2n) is 4.78. The third kappa shape index (κ3) is 4.69. The second-order valence-corrected chi connectivity index (χ2v) is 5.63. The number of carbonyl (C=O) groups excluding carboxylic acids is 1. The van der Waals surface area contributed by atoms with E-state index in [-0.39, 0.29) is 23.1 Å². The summed E-state index contributed by atoms with van der Waals surface area (Å²) in [5, 5.41) is 12.2. The van der Waals surface area contributed by atoms with Gasteiger partial charge in [0.05, 0.1) is 36.6 Å². The van der Waals surface area contributed by atoms with Crippen molar-refractivity contribution in [3.63, 3.8) is 0 Å². The summed E-state index contributed by atoms with van der Waals surface area (Å²) in [4.78, 5) is 12.1. The molecule has 2 aromatic rings. The molecule has 0 unspecified atom stereocenters. The SMILES string of the molecule is COc1ccc(Cl)cc1NC(=O)COc1c(Cl)cc(C#N)cc1OC. The lowest BCUT2D eigenvalue weighted by molar-refractivity contribution is -0.118. The van der Waals surface area contributed by atoms with E-state index in [1.165, 1.54) is 26.4 Å². The molecule has 0 aliphatic rings. The Balaban J connectivity index is 2.11. The molecular weight excluding hydrogens is 367 g/mol. The van der Waals surface area contributed by atoms with Crippen LogP contribution in [0.1, 0.15) is 5.56 Å². The van der Waals surface area contributed by atoms with E-state index in [0.717, 1.165) is 0 Å². The molecule has 0 atom stereocenters. The minimum absolute atomic E-state index is 0.170. The zero-order valence-corrected chi connectivity index (χ0v) is 14.9. The molecule has 0 spiro atoms. The summed E-state index contributed by atoms with van der Waals surface area (Å²) >= 11 is 12.0. The minimum atomic E-state index is -0.442. The second kappa shape index (κ2) is 8.47. The largest absolute Gasteiger partial charge is 0.495 e. The average Bonchev–Trinajstić information content (AvgIpc) is 2.60. The Hall–Kier alpha value is -2.62. The third-order valence-corrected chi connectivity index (χ3v) is 3.66. The highest BCUT2D eigenvalue weighted by molar-refractivity contribution is 6.32. The quantitative estimate of drug-likeness (QED) is 0.821. The van der Waals surface area contributed by atoms with E-state index in [1.54, 1.807) is 18.2 Å². The van der Waals surface area contributed by atoms with Crippen molar-refractivity contribution in [1.29, 1.82) is 5.26 Å². The molecule has 0 saturated heterocycles. The van der Waals surface area contributed by atoms with Crippen molar-refractivity contribution in [2.75, 3.05) is 26.1 Å². The van der Waals surface area contributed by atoms with Gasteiger partial charge >= 0.3 is 0 Å². The van der Waals surface area contributed by atoms with Crippen LogP contribution >= 0.6 is 23.2 Å². The number of halogens is 2. The molecule has 0 fully saturated rings. The molecule has 0 aliphatic heterocycles. The highest BCUT2D eigenvalue weighted by Gasteiger charge is 2.15. The van der Waals surface area contributed by atoms with E-state index in [0.29, 0.717) is 22.0 Å². The first-order valence-corrected chi connectivity index (χ1v) is 7.78. The van der Waals surface area contributed by atoms with Crippen LogP contribution in [0.4, 0.5) is 5.69 Å². The summed E-state index contributed by atoms with van der Waals surface area (Å²) in [6.07, 6.45) is 0. The predicted octanol–water partition coefficient (Wildman–Crippen LogP) is 3.90. The number of ether oxygens (including phenoxy) is 3. The van der Waals surface area contributed by atoms with Crippen LogP contribution in [0, 0.1) is 11.3 Å². The molecule has 2 rings (SSSR count). The number of benzene rings is 2. The van der Waals surface area contributed by atoms with Crippen LogP contribution in [0.5, 0.6) is 17.2 Å². The zero-order valence-electron chi connectivity index (χ0n) is 13.4. The van der Waals surface area contributed by atoms with Gasteiger partial charge in [-0.2, -0.15) is 5.26 Å². The van der Waals surface area contributed by atoms with Crippen LogP contribution in [0.15, 0.2) is 30.3 Å². The normalized spacial score (nSPS) is 9.88. The number of hydrogen-bond acceptors (Lipinski definition) is 5. The fourth-order valence-electron chi connectivity index (χ4n) is 2.03. The Bertz CT molecular complexity index is 834. The molecule has 0 aromatic heterocycles. The lowest BCUT2D eigenvalue weighted by Crippen LogP contribution is -2.20. The van der Waals surface area contributed by atoms with Gasteiger partial charge < -0.3 is 19.5 Å². The molecule has 0 radical (unpaired) electrons. The number of nitrogens with zero attached hydrogens (tertiary/aromatic N) is 1. The van der Waals surface area contributed by atoms with Gasteiger partial charge in [0.1, 0.15) is 5.75 Å². The minimum Gasteiger partial charge on any atom is -0.495 e. The van der Waals surface area contributed by atoms with Crippen molar-refractivity contribution in [3.8, 4) is 23.3 Å². The van der Waals surface area contributed by atoms with Gasteiger partial charge in [-0.3, -0.25) is 4.79 Å². The maximum atomic E-state index is 12.1. The first kappa shape index (κ1) is 18.7. The highest BCUT2D eigenvalue weighted by Crippen LogP contribution is 2.36. The van der Waals surface area contributed by atoms with Crippen molar-refractivity contribution in [3.05, 3.63) is 45.9 Å². The monoisotopic (exact) mass is 380 g/mol. The fourth-order valence-corrected chi connectivity index (χ4v) is 2.46. The Morgan fingerprint density at radius 1 is 1.16 bits per heavy atom. The van der Waals surface area contributed by atoms with Gasteiger partial charge in [0.25, 0.3) is 5.91 Å². The number of nitrogens with one attached hydrogen (secondary N) is 1. The fraction of sp³-hybridized carbons (Fsp3) is 0.176. The van der Waals surface area contributed by atoms with Crippen molar-refractivity contribution >= 4 is 34.8 Å². The van der Waals surface area contributed by atoms with Crippen LogP contribution in [0.2, 0.25) is 10.0 Å². The summed E-state index contributed by atoms with van der Waals surface area (Å²) in [5.41, 5.74) is 0.740. The van der Waals surface area contributed by atoms with E-state index in [1.807, 2.05) is 6.07 Å². The maximum absolute atomic E-state index is 12.1. The smallest absolute Gasteiger partial charge is 0.262 e. The molecule has 25 heavy (non-hydrogen) atoms. The Labute approximate surface area is 154 Å². The molecular formula is C17H14Cl2N2O4. The molecule has 0 bridgehead atoms. The predicted molar refractivity (Wildman–Crippen MR) is 94.8 cm³/mol. The molecule has 6 nitrogen and oxygen atoms in total. The van der Waals surface area contributed by atoms with Gasteiger partial charge in [0.2, 0.25) is 0 Å². The van der Waals surface area contributed by atoms with Gasteiger partial charge in [0.15, 0.2) is 18.1 Å². The number of methoxy groups -OCH3 is 2. The maximum Gasteiger partial charge on any atom is 0.262 e. The van der Waals surface area contributed by atoms with Crippen LogP contribution in [0.25, 0.3) is 0 Å². The van der Waals surface area contributed by atoms with E-state index >= 15 is 0 Å². The van der Waals surface area contributed by atoms with Crippen LogP contribution < -0.4 is 19.5 Å². The van der Waals surface area contributed by atoms with Gasteiger partial charge in [-0.05, 0) is 24.3 Å². The molecule has 0 saturated carbocycles.